The average Bonchev–Trinajstić information content (AvgIpc) is 2.82. The Morgan fingerprint density at radius 3 is 2.21 bits per heavy atom. The maximum atomic E-state index is 11.6. The van der Waals surface area contributed by atoms with Gasteiger partial charge < -0.3 is 33.8 Å². The summed E-state index contributed by atoms with van der Waals surface area (Å²) in [5.74, 6) is 0. The van der Waals surface area contributed by atoms with Crippen molar-refractivity contribution < 1.29 is 60.6 Å². The van der Waals surface area contributed by atoms with Crippen LogP contribution in [0.1, 0.15) is 0 Å². The van der Waals surface area contributed by atoms with Crippen LogP contribution < -0.4 is 0 Å². The molecule has 0 aromatic rings. The normalized spacial score (nSPS) is 34.8. The Morgan fingerprint density at radius 2 is 1.62 bits per heavy atom. The topological polar surface area (TPSA) is 188 Å². The van der Waals surface area contributed by atoms with Gasteiger partial charge in [-0.1, -0.05) is 0 Å². The monoisotopic (exact) mass is 426 g/mol. The second-order valence-corrected chi connectivity index (χ2v) is 9.19. The first-order valence-corrected chi connectivity index (χ1v) is 10.8. The molecule has 18 heteroatoms. The number of phosphoric acid groups is 3. The summed E-state index contributed by atoms with van der Waals surface area (Å²) in [5.41, 5.74) is 0. The van der Waals surface area contributed by atoms with E-state index in [1.54, 1.807) is 0 Å². The fourth-order valence-electron chi connectivity index (χ4n) is 1.89. The second kappa shape index (κ2) is 7.03. The molecule has 2 saturated heterocycles. The number of rotatable bonds is 7. The highest BCUT2D eigenvalue weighted by atomic mass is 32.1. The molecule has 136 valence electrons. The molecular weight excluding hydrogens is 416 g/mol. The molecule has 4 N–H and O–H groups in total. The van der Waals surface area contributed by atoms with Crippen LogP contribution in [0.4, 0.5) is 0 Å². The molecule has 2 radical (unpaired) electrons. The van der Waals surface area contributed by atoms with E-state index in [4.69, 9.17) is 36.7 Å². The Hall–Kier alpha value is 0.125. The molecule has 0 amide bonds. The summed E-state index contributed by atoms with van der Waals surface area (Å²) in [5, 5.41) is -0.202. The van der Waals surface area contributed by atoms with Crippen molar-refractivity contribution >= 4 is 48.8 Å². The second-order valence-electron chi connectivity index (χ2n) is 4.44. The van der Waals surface area contributed by atoms with Crippen LogP contribution in [0.5, 0.6) is 0 Å². The predicted molar refractivity (Wildman–Crippen MR) is 76.6 cm³/mol. The highest BCUT2D eigenvalue weighted by molar-refractivity contribution is 7.79. The van der Waals surface area contributed by atoms with Crippen molar-refractivity contribution in [2.45, 2.75) is 24.3 Å². The first kappa shape index (κ1) is 20.4. The van der Waals surface area contributed by atoms with E-state index in [1.807, 2.05) is 0 Å². The van der Waals surface area contributed by atoms with Gasteiger partial charge in [0.05, 0.1) is 12.6 Å². The highest BCUT2D eigenvalue weighted by Crippen LogP contribution is 2.66. The van der Waals surface area contributed by atoms with Crippen molar-refractivity contribution in [2.24, 2.45) is 0 Å². The van der Waals surface area contributed by atoms with Crippen molar-refractivity contribution in [3.8, 4) is 0 Å². The molecule has 0 saturated carbocycles. The molecular formula is C6H10BO13P3S. The summed E-state index contributed by atoms with van der Waals surface area (Å²) in [6.45, 7) is -0.704. The summed E-state index contributed by atoms with van der Waals surface area (Å²) in [6, 6.07) is -0.968. The third-order valence-electron chi connectivity index (χ3n) is 2.63. The van der Waals surface area contributed by atoms with Gasteiger partial charge in [-0.3, -0.25) is 4.52 Å². The molecule has 5 unspecified atom stereocenters. The lowest BCUT2D eigenvalue weighted by Crippen LogP contribution is -2.31. The van der Waals surface area contributed by atoms with Crippen LogP contribution >= 0.6 is 35.7 Å². The first-order valence-electron chi connectivity index (χ1n) is 5.85. The predicted octanol–water partition coefficient (Wildman–Crippen LogP) is -0.708. The molecule has 6 atom stereocenters. The third-order valence-corrected chi connectivity index (χ3v) is 6.62. The van der Waals surface area contributed by atoms with Crippen molar-refractivity contribution in [3.63, 3.8) is 0 Å². The Kier molecular flexibility index (Phi) is 5.99. The van der Waals surface area contributed by atoms with E-state index in [2.05, 4.69) is 25.4 Å². The van der Waals surface area contributed by atoms with E-state index in [0.717, 1.165) is 0 Å². The number of phosphoric ester groups is 1. The molecule has 13 nitrogen and oxygen atoms in total. The van der Waals surface area contributed by atoms with E-state index in [9.17, 15) is 18.6 Å². The molecule has 24 heavy (non-hydrogen) atoms. The van der Waals surface area contributed by atoms with Crippen LogP contribution in [0.25, 0.3) is 0 Å². The Morgan fingerprint density at radius 1 is 1.04 bits per heavy atom. The van der Waals surface area contributed by atoms with Crippen molar-refractivity contribution in [1.82, 2.24) is 0 Å². The molecule has 0 bridgehead atoms. The maximum Gasteiger partial charge on any atom is 0.490 e. The van der Waals surface area contributed by atoms with Crippen LogP contribution in [0, 0.1) is 0 Å². The Balaban J connectivity index is 1.93. The van der Waals surface area contributed by atoms with Crippen molar-refractivity contribution in [3.05, 3.63) is 0 Å². The summed E-state index contributed by atoms with van der Waals surface area (Å²) in [4.78, 5) is 35.1. The summed E-state index contributed by atoms with van der Waals surface area (Å²) in [6.07, 6.45) is -2.65. The van der Waals surface area contributed by atoms with Crippen LogP contribution in [-0.2, 0) is 41.1 Å². The molecule has 0 aliphatic carbocycles. The summed E-state index contributed by atoms with van der Waals surface area (Å²) < 4.78 is 60.0. The lowest BCUT2D eigenvalue weighted by Gasteiger charge is -2.19. The lowest BCUT2D eigenvalue weighted by atomic mass is 9.93. The van der Waals surface area contributed by atoms with Gasteiger partial charge >= 0.3 is 28.7 Å². The minimum atomic E-state index is -5.58. The number of thiocarbonyl (C=S) groups is 1. The van der Waals surface area contributed by atoms with Crippen molar-refractivity contribution in [1.29, 1.82) is 0 Å². The van der Waals surface area contributed by atoms with Crippen molar-refractivity contribution in [2.75, 3.05) is 6.61 Å². The highest BCUT2D eigenvalue weighted by Gasteiger charge is 2.51. The largest absolute Gasteiger partial charge is 0.490 e. The van der Waals surface area contributed by atoms with Crippen LogP contribution in [0.15, 0.2) is 0 Å². The lowest BCUT2D eigenvalue weighted by molar-refractivity contribution is -0.00373. The van der Waals surface area contributed by atoms with Crippen LogP contribution in [0.3, 0.4) is 0 Å². The van der Waals surface area contributed by atoms with Gasteiger partial charge in [-0.2, -0.15) is 8.62 Å². The van der Waals surface area contributed by atoms with E-state index in [1.165, 1.54) is 0 Å². The van der Waals surface area contributed by atoms with E-state index < -0.39 is 54.4 Å². The quantitative estimate of drug-likeness (QED) is 0.227. The van der Waals surface area contributed by atoms with Gasteiger partial charge in [-0.05, 0) is 0 Å². The first-order chi connectivity index (χ1) is 10.8. The van der Waals surface area contributed by atoms with Gasteiger partial charge in [0.15, 0.2) is 12.2 Å². The van der Waals surface area contributed by atoms with Crippen LogP contribution in [0.2, 0.25) is 0 Å². The van der Waals surface area contributed by atoms with Gasteiger partial charge in [-0.25, -0.2) is 13.7 Å². The minimum Gasteiger partial charge on any atom is -0.448 e. The number of ether oxygens (including phenoxy) is 3. The third kappa shape index (κ3) is 5.56. The maximum absolute atomic E-state index is 11.6. The zero-order valence-corrected chi connectivity index (χ0v) is 14.8. The molecule has 2 rings (SSSR count). The zero-order valence-electron chi connectivity index (χ0n) is 11.3. The van der Waals surface area contributed by atoms with Crippen LogP contribution in [-0.4, -0.2) is 63.6 Å². The number of fused-ring (bicyclic) bond motifs is 1. The Bertz CT molecular complexity index is 650. The Labute approximate surface area is 141 Å². The van der Waals surface area contributed by atoms with Gasteiger partial charge in [-0.15, -0.1) is 0 Å². The fraction of sp³-hybridized carbons (Fsp3) is 0.833. The molecule has 2 aliphatic rings. The van der Waals surface area contributed by atoms with Gasteiger partial charge in [0.25, 0.3) is 0 Å². The van der Waals surface area contributed by atoms with E-state index >= 15 is 0 Å². The average molecular weight is 426 g/mol. The smallest absolute Gasteiger partial charge is 0.448 e. The van der Waals surface area contributed by atoms with E-state index in [-0.39, 0.29) is 5.24 Å². The van der Waals surface area contributed by atoms with Gasteiger partial charge in [0, 0.05) is 12.2 Å². The molecule has 2 fully saturated rings. The molecule has 0 spiro atoms. The fourth-order valence-corrected chi connectivity index (χ4v) is 5.14. The molecule has 2 aliphatic heterocycles. The SMILES string of the molecule is [B][C@H]1OC(COP(=O)(O)OP(=O)(O)OP(=O)(O)O)C2OC(=S)OC21. The zero-order chi connectivity index (χ0) is 18.3. The molecule has 0 aromatic carbocycles. The molecule has 0 aromatic heterocycles. The standard InChI is InChI=1S/C6H10BO13P3S/c7-5-4-3(17-6(24)18-4)2(16-5)1-15-22(11,12)20-23(13,14)19-21(8,9)10/h2-5H,1H2,(H,11,12)(H,13,14)(H2,8,9,10)/t2?,3?,4?,5-/m0/s1. The molecule has 2 heterocycles. The van der Waals surface area contributed by atoms with Gasteiger partial charge in [0.1, 0.15) is 14.0 Å². The minimum absolute atomic E-state index is 0.202. The summed E-state index contributed by atoms with van der Waals surface area (Å²) in [7, 11) is -10.7. The summed E-state index contributed by atoms with van der Waals surface area (Å²) >= 11 is 4.67. The number of hydrogen-bond acceptors (Lipinski definition) is 10. The van der Waals surface area contributed by atoms with E-state index in [0.29, 0.717) is 0 Å². The van der Waals surface area contributed by atoms with Gasteiger partial charge in [0.2, 0.25) is 0 Å². The number of hydrogen-bond donors (Lipinski definition) is 4.